The number of ether oxygens (including phenoxy) is 2. The summed E-state index contributed by atoms with van der Waals surface area (Å²) >= 11 is 0. The molecule has 1 saturated heterocycles. The van der Waals surface area contributed by atoms with Gasteiger partial charge in [0.05, 0.1) is 19.8 Å². The van der Waals surface area contributed by atoms with Crippen molar-refractivity contribution < 1.29 is 14.3 Å². The number of halogens is 2. The Morgan fingerprint density at radius 2 is 1.86 bits per heavy atom. The molecule has 0 aromatic carbocycles. The molecule has 1 fully saturated rings. The van der Waals surface area contributed by atoms with Gasteiger partial charge in [0.1, 0.15) is 0 Å². The van der Waals surface area contributed by atoms with Gasteiger partial charge in [-0.2, -0.15) is 0 Å². The molecule has 0 aliphatic carbocycles. The van der Waals surface area contributed by atoms with Crippen LogP contribution in [0.25, 0.3) is 0 Å². The molecule has 1 aliphatic heterocycles. The van der Waals surface area contributed by atoms with Crippen molar-refractivity contribution in [3.8, 4) is 0 Å². The highest BCUT2D eigenvalue weighted by Gasteiger charge is 2.27. The first-order valence-corrected chi connectivity index (χ1v) is 7.43. The van der Waals surface area contributed by atoms with Crippen molar-refractivity contribution in [2.75, 3.05) is 66.7 Å². The van der Waals surface area contributed by atoms with E-state index in [2.05, 4.69) is 17.1 Å². The normalized spacial score (nSPS) is 18.5. The molecule has 1 unspecified atom stereocenters. The summed E-state index contributed by atoms with van der Waals surface area (Å²) in [5.41, 5.74) is 0. The summed E-state index contributed by atoms with van der Waals surface area (Å²) in [6.07, 6.45) is 1.06. The average Bonchev–Trinajstić information content (AvgIpc) is 2.49. The molecule has 1 atom stereocenters. The first kappa shape index (κ1) is 24.1. The SMILES string of the molecule is CCC1CN(C(=O)CNCCOC)CCN1CCOC.Cl.Cl. The second-order valence-electron chi connectivity index (χ2n) is 5.10. The molecule has 6 nitrogen and oxygen atoms in total. The molecular weight excluding hydrogens is 329 g/mol. The summed E-state index contributed by atoms with van der Waals surface area (Å²) in [5.74, 6) is 0.186. The summed E-state index contributed by atoms with van der Waals surface area (Å²) in [4.78, 5) is 16.5. The minimum atomic E-state index is 0. The maximum Gasteiger partial charge on any atom is 0.236 e. The van der Waals surface area contributed by atoms with E-state index < -0.39 is 0 Å². The van der Waals surface area contributed by atoms with Crippen LogP contribution in [0.4, 0.5) is 0 Å². The van der Waals surface area contributed by atoms with Crippen LogP contribution >= 0.6 is 24.8 Å². The molecule has 0 aromatic rings. The minimum absolute atomic E-state index is 0. The zero-order valence-electron chi connectivity index (χ0n) is 13.9. The number of piperazine rings is 1. The fourth-order valence-corrected chi connectivity index (χ4v) is 2.49. The van der Waals surface area contributed by atoms with Crippen LogP contribution in [0.3, 0.4) is 0 Å². The molecule has 0 saturated carbocycles. The molecule has 1 aliphatic rings. The third-order valence-corrected chi connectivity index (χ3v) is 3.77. The van der Waals surface area contributed by atoms with Crippen LogP contribution in [0.2, 0.25) is 0 Å². The standard InChI is InChI=1S/C14H29N3O3.2ClH/c1-4-13-12-17(7-6-16(13)8-10-20-3)14(18)11-15-5-9-19-2;;/h13,15H,4-12H2,1-3H3;2*1H. The molecule has 0 bridgehead atoms. The van der Waals surface area contributed by atoms with Gasteiger partial charge in [-0.3, -0.25) is 9.69 Å². The Balaban J connectivity index is 0. The largest absolute Gasteiger partial charge is 0.383 e. The third-order valence-electron chi connectivity index (χ3n) is 3.77. The first-order chi connectivity index (χ1) is 9.72. The number of hydrogen-bond donors (Lipinski definition) is 1. The van der Waals surface area contributed by atoms with Crippen molar-refractivity contribution >= 4 is 30.7 Å². The van der Waals surface area contributed by atoms with Crippen molar-refractivity contribution in [3.05, 3.63) is 0 Å². The Kier molecular flexibility index (Phi) is 15.9. The lowest BCUT2D eigenvalue weighted by Crippen LogP contribution is -2.56. The van der Waals surface area contributed by atoms with Crippen LogP contribution in [0.15, 0.2) is 0 Å². The maximum atomic E-state index is 12.1. The van der Waals surface area contributed by atoms with Crippen molar-refractivity contribution in [3.63, 3.8) is 0 Å². The van der Waals surface area contributed by atoms with Crippen molar-refractivity contribution in [1.82, 2.24) is 15.1 Å². The van der Waals surface area contributed by atoms with Gasteiger partial charge >= 0.3 is 0 Å². The van der Waals surface area contributed by atoms with Crippen LogP contribution in [0.1, 0.15) is 13.3 Å². The molecular formula is C14H31Cl2N3O3. The number of methoxy groups -OCH3 is 2. The van der Waals surface area contributed by atoms with Gasteiger partial charge in [-0.1, -0.05) is 6.92 Å². The lowest BCUT2D eigenvalue weighted by Gasteiger charge is -2.41. The number of hydrogen-bond acceptors (Lipinski definition) is 5. The van der Waals surface area contributed by atoms with E-state index in [1.165, 1.54) is 0 Å². The highest BCUT2D eigenvalue weighted by Crippen LogP contribution is 2.12. The summed E-state index contributed by atoms with van der Waals surface area (Å²) in [6, 6.07) is 0.446. The number of rotatable bonds is 9. The Morgan fingerprint density at radius 1 is 1.18 bits per heavy atom. The van der Waals surface area contributed by atoms with Crippen LogP contribution in [-0.2, 0) is 14.3 Å². The second-order valence-corrected chi connectivity index (χ2v) is 5.10. The van der Waals surface area contributed by atoms with E-state index in [1.54, 1.807) is 14.2 Å². The van der Waals surface area contributed by atoms with Crippen molar-refractivity contribution in [2.24, 2.45) is 0 Å². The molecule has 1 rings (SSSR count). The molecule has 1 heterocycles. The molecule has 0 radical (unpaired) electrons. The Labute approximate surface area is 146 Å². The topological polar surface area (TPSA) is 54.0 Å². The molecule has 8 heteroatoms. The van der Waals surface area contributed by atoms with Gasteiger partial charge in [-0.15, -0.1) is 24.8 Å². The molecule has 1 N–H and O–H groups in total. The van der Waals surface area contributed by atoms with E-state index in [4.69, 9.17) is 9.47 Å². The summed E-state index contributed by atoms with van der Waals surface area (Å²) in [6.45, 7) is 8.20. The Bertz CT molecular complexity index is 286. The van der Waals surface area contributed by atoms with Gasteiger partial charge in [-0.25, -0.2) is 0 Å². The van der Waals surface area contributed by atoms with E-state index in [9.17, 15) is 4.79 Å². The number of nitrogens with zero attached hydrogens (tertiary/aromatic N) is 2. The van der Waals surface area contributed by atoms with Gasteiger partial charge < -0.3 is 19.7 Å². The lowest BCUT2D eigenvalue weighted by atomic mass is 10.1. The van der Waals surface area contributed by atoms with Crippen molar-refractivity contribution in [1.29, 1.82) is 0 Å². The average molecular weight is 360 g/mol. The van der Waals surface area contributed by atoms with Gasteiger partial charge in [0, 0.05) is 53.0 Å². The van der Waals surface area contributed by atoms with Crippen LogP contribution < -0.4 is 5.32 Å². The Hall–Kier alpha value is -0.110. The molecule has 0 spiro atoms. The van der Waals surface area contributed by atoms with Crippen molar-refractivity contribution in [2.45, 2.75) is 19.4 Å². The minimum Gasteiger partial charge on any atom is -0.383 e. The van der Waals surface area contributed by atoms with Gasteiger partial charge in [-0.05, 0) is 6.42 Å². The van der Waals surface area contributed by atoms with Crippen LogP contribution in [0.5, 0.6) is 0 Å². The molecule has 22 heavy (non-hydrogen) atoms. The lowest BCUT2D eigenvalue weighted by molar-refractivity contribution is -0.133. The van der Waals surface area contributed by atoms with Gasteiger partial charge in [0.25, 0.3) is 0 Å². The fraction of sp³-hybridized carbons (Fsp3) is 0.929. The second kappa shape index (κ2) is 14.5. The predicted molar refractivity (Wildman–Crippen MR) is 93.3 cm³/mol. The quantitative estimate of drug-likeness (QED) is 0.612. The smallest absolute Gasteiger partial charge is 0.236 e. The number of carbonyl (C=O) groups is 1. The van der Waals surface area contributed by atoms with E-state index in [1.807, 2.05) is 4.90 Å². The van der Waals surface area contributed by atoms with Gasteiger partial charge in [0.15, 0.2) is 0 Å². The predicted octanol–water partition coefficient (Wildman–Crippen LogP) is 0.635. The summed E-state index contributed by atoms with van der Waals surface area (Å²) in [5, 5.41) is 3.11. The van der Waals surface area contributed by atoms with E-state index >= 15 is 0 Å². The summed E-state index contributed by atoms with van der Waals surface area (Å²) < 4.78 is 10.1. The fourth-order valence-electron chi connectivity index (χ4n) is 2.49. The van der Waals surface area contributed by atoms with Crippen LogP contribution in [0, 0.1) is 0 Å². The van der Waals surface area contributed by atoms with E-state index in [0.29, 0.717) is 25.7 Å². The third kappa shape index (κ3) is 8.50. The molecule has 0 aromatic heterocycles. The Morgan fingerprint density at radius 3 is 2.45 bits per heavy atom. The monoisotopic (exact) mass is 359 g/mol. The highest BCUT2D eigenvalue weighted by molar-refractivity contribution is 5.85. The number of carbonyl (C=O) groups excluding carboxylic acids is 1. The summed E-state index contributed by atoms with van der Waals surface area (Å²) in [7, 11) is 3.39. The maximum absolute atomic E-state index is 12.1. The first-order valence-electron chi connectivity index (χ1n) is 7.43. The highest BCUT2D eigenvalue weighted by atomic mass is 35.5. The molecule has 1 amide bonds. The van der Waals surface area contributed by atoms with E-state index in [-0.39, 0.29) is 30.7 Å². The zero-order chi connectivity index (χ0) is 14.8. The van der Waals surface area contributed by atoms with E-state index in [0.717, 1.165) is 39.2 Å². The zero-order valence-corrected chi connectivity index (χ0v) is 15.5. The van der Waals surface area contributed by atoms with Crippen LogP contribution in [-0.4, -0.2) is 88.5 Å². The number of amides is 1. The number of nitrogens with one attached hydrogen (secondary N) is 1. The van der Waals surface area contributed by atoms with Gasteiger partial charge in [0.2, 0.25) is 5.91 Å². The molecule has 134 valence electrons.